The molecule has 0 atom stereocenters. The summed E-state index contributed by atoms with van der Waals surface area (Å²) in [5.41, 5.74) is 1.53. The van der Waals surface area contributed by atoms with Crippen molar-refractivity contribution in [3.63, 3.8) is 0 Å². The van der Waals surface area contributed by atoms with Crippen molar-refractivity contribution in [1.82, 2.24) is 4.98 Å². The molecule has 2 rings (SSSR count). The summed E-state index contributed by atoms with van der Waals surface area (Å²) in [6, 6.07) is 7.92. The van der Waals surface area contributed by atoms with Gasteiger partial charge in [-0.3, -0.25) is 4.79 Å². The van der Waals surface area contributed by atoms with Gasteiger partial charge in [-0.05, 0) is 59.6 Å². The molecule has 0 radical (unpaired) electrons. The van der Waals surface area contributed by atoms with E-state index in [-0.39, 0.29) is 5.56 Å². The summed E-state index contributed by atoms with van der Waals surface area (Å²) in [5.74, 6) is -0.649. The van der Waals surface area contributed by atoms with Crippen molar-refractivity contribution in [2.45, 2.75) is 13.8 Å². The van der Waals surface area contributed by atoms with Gasteiger partial charge in [0.05, 0.1) is 11.3 Å². The van der Waals surface area contributed by atoms with Gasteiger partial charge < -0.3 is 5.32 Å². The molecule has 0 unspecified atom stereocenters. The molecular formula is C14H12BrFN2O. The van der Waals surface area contributed by atoms with Crippen LogP contribution < -0.4 is 5.32 Å². The van der Waals surface area contributed by atoms with Crippen molar-refractivity contribution in [2.24, 2.45) is 0 Å². The zero-order chi connectivity index (χ0) is 14.0. The number of aryl methyl sites for hydroxylation is 2. The molecule has 1 amide bonds. The van der Waals surface area contributed by atoms with Gasteiger partial charge in [0.2, 0.25) is 0 Å². The van der Waals surface area contributed by atoms with Gasteiger partial charge in [0.25, 0.3) is 5.91 Å². The Morgan fingerprint density at radius 1 is 1.26 bits per heavy atom. The van der Waals surface area contributed by atoms with E-state index < -0.39 is 11.7 Å². The number of nitrogens with zero attached hydrogens (tertiary/aromatic N) is 1. The van der Waals surface area contributed by atoms with Crippen LogP contribution in [0.5, 0.6) is 0 Å². The van der Waals surface area contributed by atoms with Crippen LogP contribution in [0.3, 0.4) is 0 Å². The van der Waals surface area contributed by atoms with Gasteiger partial charge in [0.1, 0.15) is 11.6 Å². The second-order valence-corrected chi connectivity index (χ2v) is 5.06. The summed E-state index contributed by atoms with van der Waals surface area (Å²) in [5, 5.41) is 2.58. The fourth-order valence-corrected chi connectivity index (χ4v) is 1.82. The average Bonchev–Trinajstić information content (AvgIpc) is 2.33. The normalized spacial score (nSPS) is 10.3. The molecule has 0 aliphatic rings. The smallest absolute Gasteiger partial charge is 0.259 e. The summed E-state index contributed by atoms with van der Waals surface area (Å²) < 4.78 is 14.5. The number of pyridine rings is 1. The molecule has 0 spiro atoms. The predicted octanol–water partition coefficient (Wildman–Crippen LogP) is 3.85. The van der Waals surface area contributed by atoms with Crippen LogP contribution in [0.4, 0.5) is 10.2 Å². The topological polar surface area (TPSA) is 42.0 Å². The number of hydrogen-bond acceptors (Lipinski definition) is 2. The Labute approximate surface area is 119 Å². The molecule has 98 valence electrons. The van der Waals surface area contributed by atoms with Gasteiger partial charge >= 0.3 is 0 Å². The fraction of sp³-hybridized carbons (Fsp3) is 0.143. The zero-order valence-electron chi connectivity index (χ0n) is 10.5. The molecule has 0 saturated carbocycles. The van der Waals surface area contributed by atoms with Crippen LogP contribution in [0.25, 0.3) is 0 Å². The van der Waals surface area contributed by atoms with Crippen LogP contribution in [0.2, 0.25) is 0 Å². The fourth-order valence-electron chi connectivity index (χ4n) is 1.60. The highest BCUT2D eigenvalue weighted by Crippen LogP contribution is 2.17. The third-order valence-corrected chi connectivity index (χ3v) is 3.47. The van der Waals surface area contributed by atoms with Crippen molar-refractivity contribution in [1.29, 1.82) is 0 Å². The average molecular weight is 323 g/mol. The minimum atomic E-state index is -0.536. The van der Waals surface area contributed by atoms with Crippen LogP contribution in [0.1, 0.15) is 21.6 Å². The molecule has 5 heteroatoms. The molecule has 0 fully saturated rings. The third kappa shape index (κ3) is 3.17. The molecular weight excluding hydrogens is 311 g/mol. The summed E-state index contributed by atoms with van der Waals surface area (Å²) in [4.78, 5) is 16.1. The standard InChI is InChI=1S/C14H12BrFN2O/c1-8-3-4-10(12(16)7-8)14(19)18-13-6-5-11(15)9(2)17-13/h3-7H,1-2H3,(H,17,18,19). The number of carbonyl (C=O) groups excluding carboxylic acids is 1. The van der Waals surface area contributed by atoms with E-state index in [1.807, 2.05) is 6.92 Å². The number of halogens is 2. The van der Waals surface area contributed by atoms with Crippen molar-refractivity contribution in [2.75, 3.05) is 5.32 Å². The van der Waals surface area contributed by atoms with Crippen LogP contribution in [-0.4, -0.2) is 10.9 Å². The number of benzene rings is 1. The zero-order valence-corrected chi connectivity index (χ0v) is 12.1. The van der Waals surface area contributed by atoms with Crippen LogP contribution >= 0.6 is 15.9 Å². The number of aromatic nitrogens is 1. The lowest BCUT2D eigenvalue weighted by molar-refractivity contribution is 0.102. The lowest BCUT2D eigenvalue weighted by Gasteiger charge is -2.07. The molecule has 1 heterocycles. The molecule has 1 aromatic carbocycles. The molecule has 3 nitrogen and oxygen atoms in total. The second kappa shape index (κ2) is 5.48. The van der Waals surface area contributed by atoms with E-state index in [4.69, 9.17) is 0 Å². The Balaban J connectivity index is 2.23. The highest BCUT2D eigenvalue weighted by molar-refractivity contribution is 9.10. The molecule has 0 aliphatic heterocycles. The quantitative estimate of drug-likeness (QED) is 0.912. The Hall–Kier alpha value is -1.75. The van der Waals surface area contributed by atoms with E-state index >= 15 is 0 Å². The molecule has 19 heavy (non-hydrogen) atoms. The molecule has 1 aromatic heterocycles. The highest BCUT2D eigenvalue weighted by Gasteiger charge is 2.12. The molecule has 2 aromatic rings. The van der Waals surface area contributed by atoms with E-state index in [0.29, 0.717) is 5.82 Å². The van der Waals surface area contributed by atoms with Gasteiger partial charge in [-0.25, -0.2) is 9.37 Å². The first-order valence-corrected chi connectivity index (χ1v) is 6.47. The third-order valence-electron chi connectivity index (χ3n) is 2.63. The maximum Gasteiger partial charge on any atom is 0.259 e. The van der Waals surface area contributed by atoms with Crippen LogP contribution in [-0.2, 0) is 0 Å². The molecule has 1 N–H and O–H groups in total. The first-order chi connectivity index (χ1) is 8.97. The Morgan fingerprint density at radius 3 is 2.63 bits per heavy atom. The summed E-state index contributed by atoms with van der Waals surface area (Å²) in [6.45, 7) is 3.58. The first-order valence-electron chi connectivity index (χ1n) is 5.68. The Kier molecular flexibility index (Phi) is 3.95. The number of amides is 1. The van der Waals surface area contributed by atoms with Gasteiger partial charge in [-0.1, -0.05) is 6.07 Å². The van der Waals surface area contributed by atoms with E-state index in [1.54, 1.807) is 25.1 Å². The van der Waals surface area contributed by atoms with Gasteiger partial charge in [-0.15, -0.1) is 0 Å². The molecule has 0 aliphatic carbocycles. The van der Waals surface area contributed by atoms with Gasteiger partial charge in [-0.2, -0.15) is 0 Å². The number of rotatable bonds is 2. The lowest BCUT2D eigenvalue weighted by atomic mass is 10.1. The monoisotopic (exact) mass is 322 g/mol. The molecule has 0 bridgehead atoms. The van der Waals surface area contributed by atoms with E-state index in [1.165, 1.54) is 12.1 Å². The van der Waals surface area contributed by atoms with E-state index in [0.717, 1.165) is 15.7 Å². The van der Waals surface area contributed by atoms with Crippen LogP contribution in [0.15, 0.2) is 34.8 Å². The number of nitrogens with one attached hydrogen (secondary N) is 1. The SMILES string of the molecule is Cc1ccc(C(=O)Nc2ccc(Br)c(C)n2)c(F)c1. The number of carbonyl (C=O) groups is 1. The highest BCUT2D eigenvalue weighted by atomic mass is 79.9. The van der Waals surface area contributed by atoms with Crippen molar-refractivity contribution < 1.29 is 9.18 Å². The largest absolute Gasteiger partial charge is 0.306 e. The summed E-state index contributed by atoms with van der Waals surface area (Å²) in [6.07, 6.45) is 0. The number of hydrogen-bond donors (Lipinski definition) is 1. The Morgan fingerprint density at radius 2 is 2.00 bits per heavy atom. The lowest BCUT2D eigenvalue weighted by Crippen LogP contribution is -2.15. The van der Waals surface area contributed by atoms with Crippen LogP contribution in [0, 0.1) is 19.7 Å². The maximum atomic E-state index is 13.7. The second-order valence-electron chi connectivity index (χ2n) is 4.20. The maximum absolute atomic E-state index is 13.7. The summed E-state index contributed by atoms with van der Waals surface area (Å²) >= 11 is 3.32. The van der Waals surface area contributed by atoms with Gasteiger partial charge in [0.15, 0.2) is 0 Å². The molecule has 0 saturated heterocycles. The van der Waals surface area contributed by atoms with Crippen molar-refractivity contribution in [3.8, 4) is 0 Å². The first kappa shape index (κ1) is 13.7. The predicted molar refractivity (Wildman–Crippen MR) is 75.8 cm³/mol. The number of anilines is 1. The van der Waals surface area contributed by atoms with E-state index in [2.05, 4.69) is 26.2 Å². The van der Waals surface area contributed by atoms with Gasteiger partial charge in [0, 0.05) is 4.47 Å². The summed E-state index contributed by atoms with van der Waals surface area (Å²) in [7, 11) is 0. The minimum Gasteiger partial charge on any atom is -0.306 e. The van der Waals surface area contributed by atoms with E-state index in [9.17, 15) is 9.18 Å². The Bertz CT molecular complexity index is 643. The van der Waals surface area contributed by atoms with Crippen molar-refractivity contribution >= 4 is 27.7 Å². The minimum absolute atomic E-state index is 0.00738. The van der Waals surface area contributed by atoms with Crippen molar-refractivity contribution in [3.05, 3.63) is 57.4 Å².